The Morgan fingerprint density at radius 1 is 0.708 bits per heavy atom. The summed E-state index contributed by atoms with van der Waals surface area (Å²) >= 11 is 0. The number of nitrogens with zero attached hydrogens (tertiary/aromatic N) is 4. The van der Waals surface area contributed by atoms with Gasteiger partial charge in [-0.3, -0.25) is 4.57 Å². The second kappa shape index (κ2) is 5.03. The number of rotatable bonds is 2. The number of furan rings is 1. The maximum Gasteiger partial charge on any atom is 0.199 e. The quantitative estimate of drug-likeness (QED) is 0.489. The summed E-state index contributed by atoms with van der Waals surface area (Å²) < 4.78 is 7.55. The monoisotopic (exact) mass is 312 g/mol. The lowest BCUT2D eigenvalue weighted by Crippen LogP contribution is -1.98. The van der Waals surface area contributed by atoms with Crippen LogP contribution in [0.3, 0.4) is 0 Å². The fourth-order valence-corrected chi connectivity index (χ4v) is 2.85. The Bertz CT molecular complexity index is 1140. The Balaban J connectivity index is 1.92. The molecule has 0 aliphatic heterocycles. The Morgan fingerprint density at radius 2 is 1.46 bits per heavy atom. The molecule has 5 nitrogen and oxygen atoms in total. The summed E-state index contributed by atoms with van der Waals surface area (Å²) in [6.07, 6.45) is 1.64. The number of hydrogen-bond donors (Lipinski definition) is 0. The molecule has 0 atom stereocenters. The lowest BCUT2D eigenvalue weighted by atomic mass is 10.3. The van der Waals surface area contributed by atoms with Crippen LogP contribution in [0, 0.1) is 0 Å². The Labute approximate surface area is 137 Å². The van der Waals surface area contributed by atoms with Crippen molar-refractivity contribution in [3.63, 3.8) is 0 Å². The summed E-state index contributed by atoms with van der Waals surface area (Å²) in [6, 6.07) is 21.5. The highest BCUT2D eigenvalue weighted by Gasteiger charge is 2.18. The largest absolute Gasteiger partial charge is 0.461 e. The van der Waals surface area contributed by atoms with Crippen LogP contribution in [0.2, 0.25) is 0 Å². The molecule has 5 heteroatoms. The van der Waals surface area contributed by atoms with Gasteiger partial charge in [0.2, 0.25) is 0 Å². The van der Waals surface area contributed by atoms with Crippen molar-refractivity contribution in [3.05, 3.63) is 73.0 Å². The minimum Gasteiger partial charge on any atom is -0.461 e. The molecule has 0 amide bonds. The van der Waals surface area contributed by atoms with Gasteiger partial charge in [-0.05, 0) is 36.4 Å². The predicted molar refractivity (Wildman–Crippen MR) is 91.9 cm³/mol. The van der Waals surface area contributed by atoms with E-state index in [1.165, 1.54) is 0 Å². The van der Waals surface area contributed by atoms with Crippen molar-refractivity contribution in [1.82, 2.24) is 19.5 Å². The van der Waals surface area contributed by atoms with Crippen molar-refractivity contribution in [3.8, 4) is 17.3 Å². The van der Waals surface area contributed by atoms with Crippen molar-refractivity contribution < 1.29 is 4.42 Å². The van der Waals surface area contributed by atoms with Gasteiger partial charge in [0, 0.05) is 5.69 Å². The van der Waals surface area contributed by atoms with Gasteiger partial charge >= 0.3 is 0 Å². The van der Waals surface area contributed by atoms with E-state index in [9.17, 15) is 0 Å². The summed E-state index contributed by atoms with van der Waals surface area (Å²) in [7, 11) is 0. The van der Waals surface area contributed by atoms with Gasteiger partial charge in [-0.15, -0.1) is 0 Å². The van der Waals surface area contributed by atoms with E-state index in [4.69, 9.17) is 9.40 Å². The molecule has 3 aromatic heterocycles. The molecular formula is C19H12N4O. The van der Waals surface area contributed by atoms with E-state index in [1.54, 1.807) is 6.26 Å². The molecule has 24 heavy (non-hydrogen) atoms. The van der Waals surface area contributed by atoms with E-state index in [0.29, 0.717) is 22.9 Å². The minimum atomic E-state index is 0.601. The first-order valence-corrected chi connectivity index (χ1v) is 7.65. The standard InChI is InChI=1S/C19H12N4O/c1-2-7-13(8-3-1)23-18(16-11-6-12-24-16)22-17-19(23)21-15-10-5-4-9-14(15)20-17/h1-12H. The molecule has 5 aromatic rings. The SMILES string of the molecule is c1ccc(-n2c(-c3ccco3)nc3nc4ccccc4nc32)cc1. The predicted octanol–water partition coefficient (Wildman–Crippen LogP) is 4.23. The third-order valence-electron chi connectivity index (χ3n) is 3.93. The van der Waals surface area contributed by atoms with Crippen LogP contribution >= 0.6 is 0 Å². The molecule has 0 spiro atoms. The van der Waals surface area contributed by atoms with Gasteiger partial charge in [0.05, 0.1) is 17.3 Å². The number of benzene rings is 2. The lowest BCUT2D eigenvalue weighted by molar-refractivity contribution is 0.576. The van der Waals surface area contributed by atoms with Crippen molar-refractivity contribution in [2.75, 3.05) is 0 Å². The van der Waals surface area contributed by atoms with E-state index in [2.05, 4.69) is 9.97 Å². The average Bonchev–Trinajstić information content (AvgIpc) is 3.28. The van der Waals surface area contributed by atoms with Crippen LogP contribution in [-0.2, 0) is 0 Å². The maximum absolute atomic E-state index is 5.57. The smallest absolute Gasteiger partial charge is 0.199 e. The summed E-state index contributed by atoms with van der Waals surface area (Å²) in [4.78, 5) is 14.1. The highest BCUT2D eigenvalue weighted by molar-refractivity contribution is 5.85. The van der Waals surface area contributed by atoms with E-state index in [0.717, 1.165) is 16.7 Å². The van der Waals surface area contributed by atoms with Crippen LogP contribution in [0.25, 0.3) is 39.6 Å². The van der Waals surface area contributed by atoms with E-state index in [-0.39, 0.29) is 0 Å². The van der Waals surface area contributed by atoms with E-state index in [1.807, 2.05) is 71.3 Å². The fraction of sp³-hybridized carbons (Fsp3) is 0. The maximum atomic E-state index is 5.57. The van der Waals surface area contributed by atoms with Gasteiger partial charge < -0.3 is 4.42 Å². The van der Waals surface area contributed by atoms with Gasteiger partial charge in [-0.1, -0.05) is 30.3 Å². The number of imidazole rings is 1. The molecule has 3 heterocycles. The molecule has 0 saturated carbocycles. The molecule has 0 radical (unpaired) electrons. The van der Waals surface area contributed by atoms with Gasteiger partial charge in [-0.2, -0.15) is 0 Å². The van der Waals surface area contributed by atoms with Crippen LogP contribution in [0.15, 0.2) is 77.4 Å². The van der Waals surface area contributed by atoms with E-state index >= 15 is 0 Å². The Hall–Kier alpha value is -3.47. The van der Waals surface area contributed by atoms with Gasteiger partial charge in [0.15, 0.2) is 22.9 Å². The first-order chi connectivity index (χ1) is 11.9. The summed E-state index contributed by atoms with van der Waals surface area (Å²) in [6.45, 7) is 0. The summed E-state index contributed by atoms with van der Waals surface area (Å²) in [5.41, 5.74) is 3.95. The molecule has 2 aromatic carbocycles. The normalized spacial score (nSPS) is 11.3. The van der Waals surface area contributed by atoms with Crippen molar-refractivity contribution >= 4 is 22.3 Å². The van der Waals surface area contributed by atoms with Gasteiger partial charge in [-0.25, -0.2) is 15.0 Å². The third kappa shape index (κ3) is 1.91. The molecule has 0 aliphatic carbocycles. The Kier molecular flexibility index (Phi) is 2.72. The van der Waals surface area contributed by atoms with Crippen LogP contribution in [0.5, 0.6) is 0 Å². The van der Waals surface area contributed by atoms with Crippen LogP contribution in [-0.4, -0.2) is 19.5 Å². The second-order valence-corrected chi connectivity index (χ2v) is 5.44. The van der Waals surface area contributed by atoms with Crippen molar-refractivity contribution in [2.24, 2.45) is 0 Å². The lowest BCUT2D eigenvalue weighted by Gasteiger charge is -2.07. The van der Waals surface area contributed by atoms with Crippen LogP contribution in [0.4, 0.5) is 0 Å². The first kappa shape index (κ1) is 13.0. The third-order valence-corrected chi connectivity index (χ3v) is 3.93. The topological polar surface area (TPSA) is 56.7 Å². The number of para-hydroxylation sites is 3. The van der Waals surface area contributed by atoms with Gasteiger partial charge in [0.25, 0.3) is 0 Å². The highest BCUT2D eigenvalue weighted by atomic mass is 16.3. The number of fused-ring (bicyclic) bond motifs is 2. The molecule has 114 valence electrons. The molecule has 0 bridgehead atoms. The van der Waals surface area contributed by atoms with E-state index < -0.39 is 0 Å². The zero-order chi connectivity index (χ0) is 15.9. The Morgan fingerprint density at radius 3 is 2.21 bits per heavy atom. The molecule has 0 N–H and O–H groups in total. The number of aromatic nitrogens is 4. The van der Waals surface area contributed by atoms with Gasteiger partial charge in [0.1, 0.15) is 0 Å². The highest BCUT2D eigenvalue weighted by Crippen LogP contribution is 2.28. The molecule has 0 saturated heterocycles. The average molecular weight is 312 g/mol. The molecule has 0 fully saturated rings. The van der Waals surface area contributed by atoms with Crippen molar-refractivity contribution in [2.45, 2.75) is 0 Å². The number of hydrogen-bond acceptors (Lipinski definition) is 4. The summed E-state index contributed by atoms with van der Waals surface area (Å²) in [5, 5.41) is 0. The van der Waals surface area contributed by atoms with Crippen LogP contribution < -0.4 is 0 Å². The molecule has 0 aliphatic rings. The minimum absolute atomic E-state index is 0.601. The summed E-state index contributed by atoms with van der Waals surface area (Å²) in [5.74, 6) is 1.37. The van der Waals surface area contributed by atoms with Crippen LogP contribution in [0.1, 0.15) is 0 Å². The molecular weight excluding hydrogens is 300 g/mol. The second-order valence-electron chi connectivity index (χ2n) is 5.44. The first-order valence-electron chi connectivity index (χ1n) is 7.65. The van der Waals surface area contributed by atoms with Crippen molar-refractivity contribution in [1.29, 1.82) is 0 Å². The molecule has 0 unspecified atom stereocenters. The zero-order valence-corrected chi connectivity index (χ0v) is 12.6. The molecule has 5 rings (SSSR count). The fourth-order valence-electron chi connectivity index (χ4n) is 2.85. The zero-order valence-electron chi connectivity index (χ0n) is 12.6.